The van der Waals surface area contributed by atoms with Gasteiger partial charge in [0.2, 0.25) is 0 Å². The number of nitrogens with one attached hydrogen (secondary N) is 8. The fourth-order valence-electron chi connectivity index (χ4n) is 10.3. The Kier molecular flexibility index (Phi) is 27.9. The summed E-state index contributed by atoms with van der Waals surface area (Å²) in [6.07, 6.45) is 7.46. The highest BCUT2D eigenvalue weighted by atomic mass is 79.9. The molecule has 5 aromatic carbocycles. The number of para-hydroxylation sites is 5. The molecule has 0 bridgehead atoms. The summed E-state index contributed by atoms with van der Waals surface area (Å²) in [4.78, 5) is 92.6. The van der Waals surface area contributed by atoms with E-state index in [4.69, 9.17) is 16.7 Å². The Morgan fingerprint density at radius 3 is 1.56 bits per heavy atom. The summed E-state index contributed by atoms with van der Waals surface area (Å²) < 4.78 is 34.4. The third kappa shape index (κ3) is 19.6. The Morgan fingerprint density at radius 2 is 1.06 bits per heavy atom. The van der Waals surface area contributed by atoms with Crippen molar-refractivity contribution in [1.82, 2.24) is 84.3 Å². The zero-order valence-corrected chi connectivity index (χ0v) is 61.7. The lowest BCUT2D eigenvalue weighted by Crippen LogP contribution is -2.34. The highest BCUT2D eigenvalue weighted by molar-refractivity contribution is 9.12. The molecule has 0 saturated carbocycles. The Morgan fingerprint density at radius 1 is 0.548 bits per heavy atom. The Hall–Kier alpha value is -10.5. The number of rotatable bonds is 19. The molecular weight excluding hydrogens is 1570 g/mol. The number of aromatic carboxylic acids is 1. The predicted octanol–water partition coefficient (Wildman–Crippen LogP) is 10.3. The number of H-pyrrole nitrogens is 4. The lowest BCUT2D eigenvalue weighted by atomic mass is 10.2. The molecule has 0 saturated heterocycles. The van der Waals surface area contributed by atoms with Crippen molar-refractivity contribution >= 4 is 158 Å². The second-order valence-electron chi connectivity index (χ2n) is 22.1. The van der Waals surface area contributed by atoms with Gasteiger partial charge in [-0.25, -0.2) is 48.2 Å². The van der Waals surface area contributed by atoms with Crippen LogP contribution in [0.2, 0.25) is 0 Å². The van der Waals surface area contributed by atoms with Crippen LogP contribution in [0, 0.1) is 11.6 Å². The standard InChI is InChI=1S/C22H21FN8OS.C13H13FN6S.C9H9BrN2O.C9H8N2O.C7H8N2O2.C7H6N2O.C2H4Br2/c23-15-5-3-8-25-17(15)12-26-20-19-21(28-13-27-20)33-18(29-19)7-9-24-10-11-31-22(32)14-4-1-2-6-16(14)30-31;14-8-2-1-5-16-9(8)6-17-12-11-13(19-7-18-12)21-10(20-11)3-4-15;10-5-6-12-9(13)7-3-1-2-4-8(7)11-12;12-9-7-3-1-2-4-8(7)10-5-6-11(9)10;8-9-6-4-2-1-3-5(6)7(10)11;10-7-5-3-1-2-4-6(5)8-9-7;3-1-2-4/h1-6,8,13,24,30H,7,9-12H2,(H,26,27,28);1-2,5,7H,3-4,6,15H2,(H,17,18,19);1-4,11H,5-6H2;1-4H,5-6H2;1-4,9H,8H2,(H,10,11);1-4H,(H2,8,9,10);1-2H2. The number of aromatic amines is 4. The molecule has 1 aliphatic heterocycles. The molecule has 28 nitrogen and oxygen atoms in total. The van der Waals surface area contributed by atoms with E-state index in [-0.39, 0.29) is 52.5 Å². The zero-order valence-electron chi connectivity index (χ0n) is 55.3. The first-order valence-electron chi connectivity index (χ1n) is 32.2. The molecule has 0 amide bonds. The van der Waals surface area contributed by atoms with Crippen molar-refractivity contribution in [3.05, 3.63) is 251 Å². The number of carboxylic acid groups (broad SMARTS) is 1. The van der Waals surface area contributed by atoms with Crippen LogP contribution in [-0.4, -0.2) is 126 Å². The second kappa shape index (κ2) is 38.1. The molecule has 35 heteroatoms. The maximum atomic E-state index is 13.8. The largest absolute Gasteiger partial charge is 0.478 e. The summed E-state index contributed by atoms with van der Waals surface area (Å²) in [5, 5.41) is 37.3. The average molecular weight is 1640 g/mol. The molecule has 11 heterocycles. The Bertz CT molecular complexity index is 5580. The number of hydrogen-bond donors (Lipinski definition) is 11. The summed E-state index contributed by atoms with van der Waals surface area (Å²) in [7, 11) is 0. The van der Waals surface area contributed by atoms with Crippen molar-refractivity contribution in [1.29, 1.82) is 0 Å². The number of pyridine rings is 2. The van der Waals surface area contributed by atoms with E-state index in [9.17, 15) is 32.8 Å². The Balaban J connectivity index is 0.000000141. The number of anilines is 3. The van der Waals surface area contributed by atoms with Crippen molar-refractivity contribution in [2.45, 2.75) is 52.1 Å². The van der Waals surface area contributed by atoms with E-state index in [1.54, 1.807) is 62.8 Å². The second-order valence-corrected chi connectivity index (χ2v) is 26.6. The van der Waals surface area contributed by atoms with Gasteiger partial charge in [0, 0.05) is 54.3 Å². The van der Waals surface area contributed by atoms with E-state index >= 15 is 0 Å². The number of alkyl halides is 3. The number of aromatic nitrogens is 16. The van der Waals surface area contributed by atoms with Gasteiger partial charge in [-0.3, -0.25) is 69.4 Å². The van der Waals surface area contributed by atoms with E-state index in [0.717, 1.165) is 88.0 Å². The molecule has 1 aliphatic rings. The van der Waals surface area contributed by atoms with Crippen LogP contribution in [0.5, 0.6) is 0 Å². The molecule has 13 N–H and O–H groups in total. The molecule has 538 valence electrons. The molecule has 0 unspecified atom stereocenters. The van der Waals surface area contributed by atoms with Crippen LogP contribution in [0.1, 0.15) is 31.8 Å². The first kappa shape index (κ1) is 76.1. The molecular formula is C69H69Br3F2N22O6S2. The SMILES string of the molecule is BrCCBr.NCCc1nc2c(NCc3ncccc3F)ncnc2s1.NNc1ccccc1C(=O)O.O=c1[nH][nH]c2ccccc12.O=c1c2ccccc2[nH]n1CCBr.O=c1c2ccccc2[nH]n1CCNCCc1nc2c(NCc3ncccc3F)ncnc2s1.O=c1c2ccccc2n2n1CC2. The number of hydrazine groups is 1. The molecule has 0 spiro atoms. The summed E-state index contributed by atoms with van der Waals surface area (Å²) in [5.74, 6) is 4.50. The number of halogens is 5. The van der Waals surface area contributed by atoms with Gasteiger partial charge in [-0.05, 0) is 91.5 Å². The number of nitrogen functional groups attached to an aromatic ring is 1. The molecule has 0 radical (unpaired) electrons. The maximum absolute atomic E-state index is 13.8. The highest BCUT2D eigenvalue weighted by Gasteiger charge is 2.19. The van der Waals surface area contributed by atoms with Gasteiger partial charge in [0.05, 0.1) is 116 Å². The molecule has 104 heavy (non-hydrogen) atoms. The van der Waals surface area contributed by atoms with Gasteiger partial charge in [-0.15, -0.1) is 0 Å². The summed E-state index contributed by atoms with van der Waals surface area (Å²) in [6.45, 7) is 5.42. The third-order valence-electron chi connectivity index (χ3n) is 15.3. The maximum Gasteiger partial charge on any atom is 0.337 e. The minimum absolute atomic E-state index is 0.0113. The van der Waals surface area contributed by atoms with Crippen LogP contribution in [0.3, 0.4) is 0 Å². The van der Waals surface area contributed by atoms with Gasteiger partial charge in [0.25, 0.3) is 22.2 Å². The van der Waals surface area contributed by atoms with Gasteiger partial charge < -0.3 is 32.2 Å². The van der Waals surface area contributed by atoms with E-state index in [0.29, 0.717) is 89.7 Å². The highest BCUT2D eigenvalue weighted by Crippen LogP contribution is 2.27. The Labute approximate surface area is 622 Å². The van der Waals surface area contributed by atoms with Crippen molar-refractivity contribution < 1.29 is 18.7 Å². The first-order valence-corrected chi connectivity index (χ1v) is 37.2. The van der Waals surface area contributed by atoms with Crippen molar-refractivity contribution in [2.75, 3.05) is 51.7 Å². The van der Waals surface area contributed by atoms with E-state index in [1.807, 2.05) is 95.7 Å². The lowest BCUT2D eigenvalue weighted by Gasteiger charge is -2.20. The third-order valence-corrected chi connectivity index (χ3v) is 19.6. The van der Waals surface area contributed by atoms with Crippen LogP contribution in [0.15, 0.2) is 190 Å². The minimum Gasteiger partial charge on any atom is -0.478 e. The molecule has 16 rings (SSSR count). The number of carboxylic acids is 1. The summed E-state index contributed by atoms with van der Waals surface area (Å²) in [5.41, 5.74) is 14.2. The number of nitrogens with zero attached hydrogens (tertiary/aromatic N) is 12. The number of thiazole rings is 2. The summed E-state index contributed by atoms with van der Waals surface area (Å²) >= 11 is 12.7. The van der Waals surface area contributed by atoms with Crippen LogP contribution >= 0.6 is 70.5 Å². The van der Waals surface area contributed by atoms with Gasteiger partial charge >= 0.3 is 5.97 Å². The fraction of sp³-hybridized carbons (Fsp3) is 0.203. The van der Waals surface area contributed by atoms with Crippen LogP contribution in [0.25, 0.3) is 64.3 Å². The van der Waals surface area contributed by atoms with E-state index in [2.05, 4.69) is 129 Å². The smallest absolute Gasteiger partial charge is 0.337 e. The number of benzene rings is 5. The van der Waals surface area contributed by atoms with Gasteiger partial charge in [-0.2, -0.15) is 0 Å². The zero-order chi connectivity index (χ0) is 73.3. The van der Waals surface area contributed by atoms with Crippen molar-refractivity contribution in [3.8, 4) is 0 Å². The molecule has 0 aliphatic carbocycles. The topological polar surface area (TPSA) is 392 Å². The first-order chi connectivity index (χ1) is 50.7. The molecule has 10 aromatic heterocycles. The van der Waals surface area contributed by atoms with Gasteiger partial charge in [0.15, 0.2) is 11.6 Å². The molecule has 0 fully saturated rings. The normalized spacial score (nSPS) is 11.1. The van der Waals surface area contributed by atoms with Crippen LogP contribution < -0.4 is 55.2 Å². The molecule has 15 aromatic rings. The van der Waals surface area contributed by atoms with Crippen molar-refractivity contribution in [2.24, 2.45) is 11.6 Å². The predicted molar refractivity (Wildman–Crippen MR) is 416 cm³/mol. The number of aryl methyl sites for hydroxylation is 2. The van der Waals surface area contributed by atoms with E-state index < -0.39 is 5.97 Å². The number of hydrogen-bond acceptors (Lipinski definition) is 21. The van der Waals surface area contributed by atoms with Crippen molar-refractivity contribution in [3.63, 3.8) is 0 Å². The number of fused-ring (bicyclic) bond motifs is 8. The average Bonchev–Trinajstić information content (AvgIpc) is 1.60. The lowest BCUT2D eigenvalue weighted by molar-refractivity contribution is 0.0697. The molecule has 0 atom stereocenters. The fourth-order valence-corrected chi connectivity index (χ4v) is 12.5. The summed E-state index contributed by atoms with van der Waals surface area (Å²) in [6, 6.07) is 42.4. The van der Waals surface area contributed by atoms with E-state index in [1.165, 1.54) is 53.5 Å². The van der Waals surface area contributed by atoms with Crippen LogP contribution in [0.4, 0.5) is 26.1 Å². The van der Waals surface area contributed by atoms with Crippen LogP contribution in [-0.2, 0) is 52.1 Å². The number of carbonyl (C=O) groups is 1. The minimum atomic E-state index is -0.987. The monoisotopic (exact) mass is 1640 g/mol. The quantitative estimate of drug-likeness (QED) is 0.0155. The van der Waals surface area contributed by atoms with Gasteiger partial charge in [0.1, 0.15) is 45.0 Å². The number of nitrogens with two attached hydrogens (primary N) is 2. The van der Waals surface area contributed by atoms with Gasteiger partial charge in [-0.1, -0.05) is 131 Å².